The molecule has 2 aliphatic heterocycles. The van der Waals surface area contributed by atoms with Gasteiger partial charge in [-0.1, -0.05) is 6.92 Å². The van der Waals surface area contributed by atoms with Crippen molar-refractivity contribution in [2.75, 3.05) is 26.2 Å². The van der Waals surface area contributed by atoms with E-state index in [0.29, 0.717) is 19.6 Å². The van der Waals surface area contributed by atoms with Gasteiger partial charge in [0.15, 0.2) is 0 Å². The second kappa shape index (κ2) is 6.43. The van der Waals surface area contributed by atoms with Crippen LogP contribution in [0.15, 0.2) is 0 Å². The van der Waals surface area contributed by atoms with Gasteiger partial charge in [0.2, 0.25) is 0 Å². The number of amides is 2. The molecule has 0 saturated carbocycles. The third-order valence-corrected chi connectivity index (χ3v) is 4.58. The van der Waals surface area contributed by atoms with E-state index < -0.39 is 12.0 Å². The predicted octanol–water partition coefficient (Wildman–Crippen LogP) is 0.996. The maximum Gasteiger partial charge on any atom is 0.326 e. The van der Waals surface area contributed by atoms with Crippen LogP contribution < -0.4 is 0 Å². The molecule has 0 aromatic carbocycles. The molecule has 2 N–H and O–H groups in total. The molecule has 20 heavy (non-hydrogen) atoms. The molecular weight excluding hydrogens is 260 g/mol. The predicted molar refractivity (Wildman–Crippen MR) is 73.3 cm³/mol. The van der Waals surface area contributed by atoms with E-state index in [9.17, 15) is 14.7 Å². The smallest absolute Gasteiger partial charge is 0.326 e. The molecule has 2 heterocycles. The molecule has 2 amide bonds. The Morgan fingerprint density at radius 2 is 1.80 bits per heavy atom. The first kappa shape index (κ1) is 15.1. The normalized spacial score (nSPS) is 28.5. The van der Waals surface area contributed by atoms with Gasteiger partial charge in [-0.25, -0.2) is 9.59 Å². The summed E-state index contributed by atoms with van der Waals surface area (Å²) in [7, 11) is 0. The van der Waals surface area contributed by atoms with E-state index in [1.54, 1.807) is 4.90 Å². The summed E-state index contributed by atoms with van der Waals surface area (Å²) in [6.07, 6.45) is 3.31. The van der Waals surface area contributed by atoms with Gasteiger partial charge < -0.3 is 20.0 Å². The highest BCUT2D eigenvalue weighted by atomic mass is 16.4. The van der Waals surface area contributed by atoms with Gasteiger partial charge in [0.25, 0.3) is 0 Å². The Labute approximate surface area is 119 Å². The average molecular weight is 284 g/mol. The van der Waals surface area contributed by atoms with Crippen LogP contribution in [-0.2, 0) is 4.79 Å². The Balaban J connectivity index is 2.01. The van der Waals surface area contributed by atoms with E-state index in [-0.39, 0.29) is 24.5 Å². The van der Waals surface area contributed by atoms with Crippen molar-refractivity contribution < 1.29 is 19.8 Å². The number of piperidine rings is 2. The van der Waals surface area contributed by atoms with Gasteiger partial charge in [0.1, 0.15) is 6.04 Å². The first-order valence-corrected chi connectivity index (χ1v) is 7.43. The summed E-state index contributed by atoms with van der Waals surface area (Å²) in [4.78, 5) is 27.2. The number of hydrogen-bond donors (Lipinski definition) is 2. The minimum Gasteiger partial charge on any atom is -0.480 e. The molecule has 0 radical (unpaired) electrons. The molecule has 6 heteroatoms. The molecule has 2 fully saturated rings. The fourth-order valence-electron chi connectivity index (χ4n) is 3.27. The first-order valence-electron chi connectivity index (χ1n) is 7.43. The minimum atomic E-state index is -0.907. The van der Waals surface area contributed by atoms with Gasteiger partial charge in [0, 0.05) is 26.2 Å². The van der Waals surface area contributed by atoms with Crippen LogP contribution in [0.3, 0.4) is 0 Å². The van der Waals surface area contributed by atoms with Crippen LogP contribution in [-0.4, -0.2) is 64.3 Å². The Morgan fingerprint density at radius 3 is 2.35 bits per heavy atom. The van der Waals surface area contributed by atoms with Crippen molar-refractivity contribution in [1.29, 1.82) is 0 Å². The molecule has 0 aromatic rings. The second-order valence-corrected chi connectivity index (χ2v) is 5.99. The number of aliphatic hydroxyl groups excluding tert-OH is 1. The van der Waals surface area contributed by atoms with Gasteiger partial charge in [-0.15, -0.1) is 0 Å². The molecule has 2 rings (SSSR count). The van der Waals surface area contributed by atoms with Gasteiger partial charge in [0.05, 0.1) is 0 Å². The molecule has 6 nitrogen and oxygen atoms in total. The molecular formula is C14H24N2O4. The fraction of sp³-hybridized carbons (Fsp3) is 0.857. The lowest BCUT2D eigenvalue weighted by molar-refractivity contribution is -0.145. The largest absolute Gasteiger partial charge is 0.480 e. The number of carbonyl (C=O) groups is 2. The highest BCUT2D eigenvalue weighted by Gasteiger charge is 2.39. The number of carbonyl (C=O) groups excluding carboxylic acids is 1. The lowest BCUT2D eigenvalue weighted by atomic mass is 9.91. The van der Waals surface area contributed by atoms with Crippen molar-refractivity contribution >= 4 is 12.0 Å². The number of nitrogens with zero attached hydrogens (tertiary/aromatic N) is 2. The van der Waals surface area contributed by atoms with E-state index >= 15 is 0 Å². The number of rotatable bonds is 2. The topological polar surface area (TPSA) is 81.1 Å². The van der Waals surface area contributed by atoms with Gasteiger partial charge in [-0.3, -0.25) is 0 Å². The van der Waals surface area contributed by atoms with Gasteiger partial charge in [-0.05, 0) is 37.5 Å². The van der Waals surface area contributed by atoms with Crippen molar-refractivity contribution in [2.45, 2.75) is 38.6 Å². The summed E-state index contributed by atoms with van der Waals surface area (Å²) >= 11 is 0. The minimum absolute atomic E-state index is 0.000167. The van der Waals surface area contributed by atoms with E-state index in [4.69, 9.17) is 5.11 Å². The van der Waals surface area contributed by atoms with E-state index in [0.717, 1.165) is 25.7 Å². The Morgan fingerprint density at radius 1 is 1.15 bits per heavy atom. The van der Waals surface area contributed by atoms with E-state index in [1.807, 2.05) is 6.92 Å². The Kier molecular flexibility index (Phi) is 4.86. The molecule has 2 saturated heterocycles. The van der Waals surface area contributed by atoms with Crippen molar-refractivity contribution in [3.63, 3.8) is 0 Å². The molecule has 0 spiro atoms. The third kappa shape index (κ3) is 3.06. The summed E-state index contributed by atoms with van der Waals surface area (Å²) in [5.74, 6) is -0.634. The number of hydrogen-bond acceptors (Lipinski definition) is 3. The summed E-state index contributed by atoms with van der Waals surface area (Å²) in [6, 6.07) is -0.854. The number of likely N-dealkylation sites (tertiary alicyclic amines) is 2. The van der Waals surface area contributed by atoms with Crippen LogP contribution in [0.1, 0.15) is 32.6 Å². The monoisotopic (exact) mass is 284 g/mol. The molecule has 2 aliphatic rings. The second-order valence-electron chi connectivity index (χ2n) is 5.99. The van der Waals surface area contributed by atoms with E-state index in [2.05, 4.69) is 0 Å². The Bertz CT molecular complexity index is 366. The van der Waals surface area contributed by atoms with Crippen molar-refractivity contribution in [2.24, 2.45) is 11.8 Å². The summed E-state index contributed by atoms with van der Waals surface area (Å²) < 4.78 is 0. The van der Waals surface area contributed by atoms with E-state index in [1.165, 1.54) is 4.90 Å². The Hall–Kier alpha value is -1.30. The SMILES string of the molecule is CC1CCCN(C(=O)N2CCC(CO)CC2)C1C(=O)O. The molecule has 0 aliphatic carbocycles. The highest BCUT2D eigenvalue weighted by molar-refractivity contribution is 5.83. The van der Waals surface area contributed by atoms with Crippen LogP contribution >= 0.6 is 0 Å². The summed E-state index contributed by atoms with van der Waals surface area (Å²) in [6.45, 7) is 3.82. The van der Waals surface area contributed by atoms with Crippen LogP contribution in [0.4, 0.5) is 4.79 Å². The third-order valence-electron chi connectivity index (χ3n) is 4.58. The number of aliphatic carboxylic acids is 1. The molecule has 0 aromatic heterocycles. The van der Waals surface area contributed by atoms with Crippen LogP contribution in [0, 0.1) is 11.8 Å². The number of urea groups is 1. The summed E-state index contributed by atoms with van der Waals surface area (Å²) in [5.41, 5.74) is 0. The fourth-order valence-corrected chi connectivity index (χ4v) is 3.27. The number of aliphatic hydroxyl groups is 1. The quantitative estimate of drug-likeness (QED) is 0.792. The highest BCUT2D eigenvalue weighted by Crippen LogP contribution is 2.26. The van der Waals surface area contributed by atoms with Crippen molar-refractivity contribution in [1.82, 2.24) is 9.80 Å². The van der Waals surface area contributed by atoms with Gasteiger partial charge >= 0.3 is 12.0 Å². The standard InChI is InChI=1S/C14H24N2O4/c1-10-3-2-6-16(12(10)13(18)19)14(20)15-7-4-11(9-17)5-8-15/h10-12,17H,2-9H2,1H3,(H,18,19). The zero-order valence-corrected chi connectivity index (χ0v) is 12.0. The average Bonchev–Trinajstić information content (AvgIpc) is 2.46. The molecule has 0 bridgehead atoms. The number of carboxylic acids is 1. The maximum absolute atomic E-state index is 12.5. The molecule has 114 valence electrons. The van der Waals surface area contributed by atoms with Crippen LogP contribution in [0.25, 0.3) is 0 Å². The summed E-state index contributed by atoms with van der Waals surface area (Å²) in [5, 5.41) is 18.5. The first-order chi connectivity index (χ1) is 9.54. The van der Waals surface area contributed by atoms with Crippen molar-refractivity contribution in [3.05, 3.63) is 0 Å². The molecule has 2 unspecified atom stereocenters. The lowest BCUT2D eigenvalue weighted by Crippen LogP contribution is -2.57. The van der Waals surface area contributed by atoms with Gasteiger partial charge in [-0.2, -0.15) is 0 Å². The zero-order chi connectivity index (χ0) is 14.7. The molecule has 2 atom stereocenters. The maximum atomic E-state index is 12.5. The lowest BCUT2D eigenvalue weighted by Gasteiger charge is -2.41. The van der Waals surface area contributed by atoms with Crippen molar-refractivity contribution in [3.8, 4) is 0 Å². The van der Waals surface area contributed by atoms with Crippen LogP contribution in [0.5, 0.6) is 0 Å². The zero-order valence-electron chi connectivity index (χ0n) is 12.0. The van der Waals surface area contributed by atoms with Crippen LogP contribution in [0.2, 0.25) is 0 Å². The number of carboxylic acid groups (broad SMARTS) is 1.